The highest BCUT2D eigenvalue weighted by Gasteiger charge is 2.21. The van der Waals surface area contributed by atoms with Crippen LogP contribution in [-0.4, -0.2) is 30.1 Å². The van der Waals surface area contributed by atoms with Crippen molar-refractivity contribution >= 4 is 16.6 Å². The predicted octanol–water partition coefficient (Wildman–Crippen LogP) is 3.08. The Kier molecular flexibility index (Phi) is 4.20. The van der Waals surface area contributed by atoms with E-state index >= 15 is 0 Å². The molecule has 0 aliphatic carbocycles. The van der Waals surface area contributed by atoms with Gasteiger partial charge < -0.3 is 13.8 Å². The summed E-state index contributed by atoms with van der Waals surface area (Å²) in [7, 11) is 3.97. The molecule has 2 heterocycles. The summed E-state index contributed by atoms with van der Waals surface area (Å²) in [5.74, 6) is 0. The van der Waals surface area contributed by atoms with Gasteiger partial charge in [0, 0.05) is 17.5 Å². The van der Waals surface area contributed by atoms with Crippen molar-refractivity contribution in [3.05, 3.63) is 74.4 Å². The number of rotatable bonds is 4. The van der Waals surface area contributed by atoms with E-state index in [1.807, 2.05) is 51.4 Å². The van der Waals surface area contributed by atoms with Gasteiger partial charge in [0.05, 0.1) is 5.52 Å². The molecule has 0 atom stereocenters. The lowest BCUT2D eigenvalue weighted by Crippen LogP contribution is -2.23. The van der Waals surface area contributed by atoms with E-state index < -0.39 is 11.3 Å². The van der Waals surface area contributed by atoms with Crippen LogP contribution in [0.4, 0.5) is 0 Å². The Morgan fingerprint density at radius 2 is 1.74 bits per heavy atom. The zero-order valence-electron chi connectivity index (χ0n) is 15.5. The molecule has 0 saturated carbocycles. The van der Waals surface area contributed by atoms with Crippen LogP contribution in [0.1, 0.15) is 11.1 Å². The summed E-state index contributed by atoms with van der Waals surface area (Å²) in [6, 6.07) is 14.0. The van der Waals surface area contributed by atoms with E-state index in [2.05, 4.69) is 17.0 Å². The van der Waals surface area contributed by atoms with Crippen LogP contribution in [0.15, 0.2) is 61.0 Å². The minimum Gasteiger partial charge on any atom is -0.397 e. The zero-order chi connectivity index (χ0) is 19.1. The molecule has 27 heavy (non-hydrogen) atoms. The van der Waals surface area contributed by atoms with E-state index in [1.54, 1.807) is 0 Å². The molecule has 0 amide bonds. The maximum absolute atomic E-state index is 11.8. The van der Waals surface area contributed by atoms with Gasteiger partial charge in [-0.25, -0.2) is 9.59 Å². The van der Waals surface area contributed by atoms with Crippen LogP contribution in [0.25, 0.3) is 27.7 Å². The highest BCUT2D eigenvalue weighted by Crippen LogP contribution is 2.35. The lowest BCUT2D eigenvalue weighted by Gasteiger charge is -2.11. The van der Waals surface area contributed by atoms with E-state index in [9.17, 15) is 9.59 Å². The molecule has 0 radical (unpaired) electrons. The number of nitrogens with zero attached hydrogens (tertiary/aromatic N) is 2. The van der Waals surface area contributed by atoms with Gasteiger partial charge in [0.15, 0.2) is 0 Å². The molecule has 6 nitrogen and oxygen atoms in total. The third-order valence-electron chi connectivity index (χ3n) is 4.83. The predicted molar refractivity (Wildman–Crippen MR) is 104 cm³/mol. The van der Waals surface area contributed by atoms with Crippen LogP contribution in [-0.2, 0) is 6.42 Å². The molecular formula is C21H20N2O4. The average Bonchev–Trinajstić information content (AvgIpc) is 2.95. The van der Waals surface area contributed by atoms with E-state index in [1.165, 1.54) is 4.57 Å². The fraction of sp³-hybridized carbons (Fsp3) is 0.238. The first kappa shape index (κ1) is 17.3. The Bertz CT molecular complexity index is 1250. The minimum absolute atomic E-state index is 0.296. The smallest absolute Gasteiger partial charge is 0.397 e. The third kappa shape index (κ3) is 2.88. The summed E-state index contributed by atoms with van der Waals surface area (Å²) in [5, 5.41) is 0.954. The van der Waals surface area contributed by atoms with Crippen molar-refractivity contribution in [2.75, 3.05) is 20.6 Å². The quantitative estimate of drug-likeness (QED) is 0.521. The van der Waals surface area contributed by atoms with Crippen molar-refractivity contribution in [3.8, 4) is 11.1 Å². The van der Waals surface area contributed by atoms with Crippen molar-refractivity contribution < 1.29 is 8.94 Å². The second kappa shape index (κ2) is 6.55. The normalized spacial score (nSPS) is 11.7. The molecule has 2 aromatic carbocycles. The summed E-state index contributed by atoms with van der Waals surface area (Å²) in [5.41, 5.74) is 3.14. The Balaban J connectivity index is 2.08. The van der Waals surface area contributed by atoms with Gasteiger partial charge in [-0.15, -0.1) is 4.57 Å². The second-order valence-corrected chi connectivity index (χ2v) is 6.90. The molecule has 4 aromatic rings. The molecule has 0 aliphatic rings. The van der Waals surface area contributed by atoms with E-state index in [-0.39, 0.29) is 0 Å². The molecular weight excluding hydrogens is 344 g/mol. The SMILES string of the molecule is Cc1c(-c2ccccc2)ccc2c1c(CCN(C)C)c1oc(=O)c(=O)on12. The maximum Gasteiger partial charge on any atom is 0.442 e. The maximum atomic E-state index is 11.8. The van der Waals surface area contributed by atoms with Crippen LogP contribution in [0.2, 0.25) is 0 Å². The third-order valence-corrected chi connectivity index (χ3v) is 4.83. The Hall–Kier alpha value is -3.12. The van der Waals surface area contributed by atoms with Crippen molar-refractivity contribution in [1.29, 1.82) is 0 Å². The highest BCUT2D eigenvalue weighted by molar-refractivity contribution is 5.96. The van der Waals surface area contributed by atoms with Gasteiger partial charge in [0.25, 0.3) is 0 Å². The first-order valence-corrected chi connectivity index (χ1v) is 8.79. The fourth-order valence-electron chi connectivity index (χ4n) is 3.53. The molecule has 0 N–H and O–H groups in total. The van der Waals surface area contributed by atoms with Crippen LogP contribution in [0.3, 0.4) is 0 Å². The van der Waals surface area contributed by atoms with E-state index in [0.717, 1.165) is 39.7 Å². The first-order chi connectivity index (χ1) is 13.0. The van der Waals surface area contributed by atoms with Gasteiger partial charge >= 0.3 is 11.3 Å². The summed E-state index contributed by atoms with van der Waals surface area (Å²) in [6.45, 7) is 2.81. The standard InChI is InChI=1S/C21H20N2O4/c1-13-15(14-7-5-4-6-8-14)9-10-17-18(13)16(11-12-22(2)3)19-23(17)27-21(25)20(24)26-19/h4-10H,11-12H2,1-3H3. The molecule has 0 saturated heterocycles. The number of likely N-dealkylation sites (N-methyl/N-ethyl adjacent to an activating group) is 1. The van der Waals surface area contributed by atoms with Crippen LogP contribution < -0.4 is 11.3 Å². The molecule has 0 aliphatic heterocycles. The van der Waals surface area contributed by atoms with Crippen molar-refractivity contribution in [3.63, 3.8) is 0 Å². The molecule has 6 heteroatoms. The van der Waals surface area contributed by atoms with Crippen molar-refractivity contribution in [2.45, 2.75) is 13.3 Å². The second-order valence-electron chi connectivity index (χ2n) is 6.90. The summed E-state index contributed by atoms with van der Waals surface area (Å²) < 4.78 is 11.9. The number of benzene rings is 2. The topological polar surface area (TPSA) is 68.1 Å². The molecule has 4 rings (SSSR count). The summed E-state index contributed by atoms with van der Waals surface area (Å²) in [4.78, 5) is 25.6. The van der Waals surface area contributed by atoms with Gasteiger partial charge in [-0.3, -0.25) is 0 Å². The van der Waals surface area contributed by atoms with Gasteiger partial charge in [0.1, 0.15) is 0 Å². The van der Waals surface area contributed by atoms with Gasteiger partial charge in [-0.05, 0) is 50.2 Å². The zero-order valence-corrected chi connectivity index (χ0v) is 15.5. The Morgan fingerprint density at radius 1 is 1.00 bits per heavy atom. The number of fused-ring (bicyclic) bond motifs is 3. The van der Waals surface area contributed by atoms with Gasteiger partial charge in [0.2, 0.25) is 5.71 Å². The Labute approximate surface area is 155 Å². The Morgan fingerprint density at radius 3 is 2.44 bits per heavy atom. The monoisotopic (exact) mass is 364 g/mol. The van der Waals surface area contributed by atoms with Crippen LogP contribution in [0.5, 0.6) is 0 Å². The molecule has 138 valence electrons. The fourth-order valence-corrected chi connectivity index (χ4v) is 3.53. The van der Waals surface area contributed by atoms with Crippen LogP contribution >= 0.6 is 0 Å². The lowest BCUT2D eigenvalue weighted by atomic mass is 9.95. The molecule has 0 bridgehead atoms. The highest BCUT2D eigenvalue weighted by atomic mass is 16.5. The lowest BCUT2D eigenvalue weighted by molar-refractivity contribution is 0.285. The molecule has 0 spiro atoms. The number of hydrogen-bond donors (Lipinski definition) is 0. The largest absolute Gasteiger partial charge is 0.442 e. The molecule has 2 aromatic heterocycles. The number of aromatic nitrogens is 1. The van der Waals surface area contributed by atoms with Crippen molar-refractivity contribution in [1.82, 2.24) is 9.47 Å². The van der Waals surface area contributed by atoms with Gasteiger partial charge in [-0.2, -0.15) is 0 Å². The first-order valence-electron chi connectivity index (χ1n) is 8.79. The van der Waals surface area contributed by atoms with Crippen molar-refractivity contribution in [2.24, 2.45) is 0 Å². The molecule has 0 unspecified atom stereocenters. The van der Waals surface area contributed by atoms with Crippen LogP contribution in [0, 0.1) is 6.92 Å². The minimum atomic E-state index is -1.01. The van der Waals surface area contributed by atoms with E-state index in [4.69, 9.17) is 8.94 Å². The summed E-state index contributed by atoms with van der Waals surface area (Å²) in [6.07, 6.45) is 0.662. The molecule has 0 fully saturated rings. The summed E-state index contributed by atoms with van der Waals surface area (Å²) >= 11 is 0. The average molecular weight is 364 g/mol. The number of aryl methyl sites for hydroxylation is 1. The number of hydrogen-bond acceptors (Lipinski definition) is 5. The van der Waals surface area contributed by atoms with E-state index in [0.29, 0.717) is 12.1 Å². The van der Waals surface area contributed by atoms with Gasteiger partial charge in [-0.1, -0.05) is 36.4 Å².